The SMILES string of the molecule is CCCCCC(=O)Nc1ccc(C(=O)COC(=O)c2ccc(S(=O)(=O)N3CCCC3)cc2)cc1. The third kappa shape index (κ3) is 6.74. The first kappa shape index (κ1) is 25.6. The summed E-state index contributed by atoms with van der Waals surface area (Å²) in [6, 6.07) is 11.9. The molecule has 0 spiro atoms. The molecule has 0 saturated carbocycles. The Labute approximate surface area is 200 Å². The summed E-state index contributed by atoms with van der Waals surface area (Å²) >= 11 is 0. The predicted molar refractivity (Wildman–Crippen MR) is 128 cm³/mol. The Morgan fingerprint density at radius 3 is 2.15 bits per heavy atom. The minimum atomic E-state index is -3.56. The molecule has 0 unspecified atom stereocenters. The summed E-state index contributed by atoms with van der Waals surface area (Å²) in [6.07, 6.45) is 5.01. The van der Waals surface area contributed by atoms with Gasteiger partial charge in [-0.3, -0.25) is 9.59 Å². The Morgan fingerprint density at radius 2 is 1.53 bits per heavy atom. The zero-order chi connectivity index (χ0) is 24.6. The maximum Gasteiger partial charge on any atom is 0.338 e. The van der Waals surface area contributed by atoms with Crippen molar-refractivity contribution in [3.63, 3.8) is 0 Å². The van der Waals surface area contributed by atoms with Gasteiger partial charge in [0, 0.05) is 30.8 Å². The monoisotopic (exact) mass is 486 g/mol. The second kappa shape index (κ2) is 11.9. The quantitative estimate of drug-likeness (QED) is 0.292. The highest BCUT2D eigenvalue weighted by atomic mass is 32.2. The third-order valence-corrected chi connectivity index (χ3v) is 7.54. The van der Waals surface area contributed by atoms with Crippen LogP contribution in [0, 0.1) is 0 Å². The summed E-state index contributed by atoms with van der Waals surface area (Å²) in [7, 11) is -3.56. The van der Waals surface area contributed by atoms with Gasteiger partial charge in [-0.05, 0) is 67.8 Å². The number of ketones is 1. The molecule has 0 atom stereocenters. The van der Waals surface area contributed by atoms with E-state index in [1.165, 1.54) is 28.6 Å². The van der Waals surface area contributed by atoms with Crippen LogP contribution in [0.1, 0.15) is 66.2 Å². The molecule has 1 saturated heterocycles. The van der Waals surface area contributed by atoms with E-state index in [-0.39, 0.29) is 22.1 Å². The molecule has 0 aliphatic carbocycles. The van der Waals surface area contributed by atoms with Gasteiger partial charge < -0.3 is 10.1 Å². The van der Waals surface area contributed by atoms with E-state index < -0.39 is 22.6 Å². The average molecular weight is 487 g/mol. The van der Waals surface area contributed by atoms with Gasteiger partial charge in [-0.1, -0.05) is 19.8 Å². The molecule has 34 heavy (non-hydrogen) atoms. The van der Waals surface area contributed by atoms with Gasteiger partial charge in [-0.2, -0.15) is 4.31 Å². The van der Waals surface area contributed by atoms with Crippen molar-refractivity contribution >= 4 is 33.4 Å². The topological polar surface area (TPSA) is 110 Å². The van der Waals surface area contributed by atoms with E-state index >= 15 is 0 Å². The first-order chi connectivity index (χ1) is 16.3. The summed E-state index contributed by atoms with van der Waals surface area (Å²) in [4.78, 5) is 36.7. The number of nitrogens with one attached hydrogen (secondary N) is 1. The van der Waals surface area contributed by atoms with E-state index in [1.54, 1.807) is 24.3 Å². The summed E-state index contributed by atoms with van der Waals surface area (Å²) in [6.45, 7) is 2.63. The van der Waals surface area contributed by atoms with Crippen LogP contribution in [0.4, 0.5) is 5.69 Å². The average Bonchev–Trinajstić information content (AvgIpc) is 3.39. The molecular weight excluding hydrogens is 456 g/mol. The lowest BCUT2D eigenvalue weighted by molar-refractivity contribution is -0.116. The van der Waals surface area contributed by atoms with Crippen molar-refractivity contribution in [3.8, 4) is 0 Å². The molecule has 1 heterocycles. The largest absolute Gasteiger partial charge is 0.454 e. The van der Waals surface area contributed by atoms with Gasteiger partial charge in [-0.25, -0.2) is 13.2 Å². The molecule has 182 valence electrons. The van der Waals surface area contributed by atoms with Crippen LogP contribution in [0.5, 0.6) is 0 Å². The summed E-state index contributed by atoms with van der Waals surface area (Å²) in [5, 5.41) is 2.79. The van der Waals surface area contributed by atoms with E-state index in [2.05, 4.69) is 12.2 Å². The van der Waals surface area contributed by atoms with Gasteiger partial charge in [0.2, 0.25) is 15.9 Å². The van der Waals surface area contributed by atoms with Gasteiger partial charge in [0.15, 0.2) is 12.4 Å². The third-order valence-electron chi connectivity index (χ3n) is 5.63. The number of amides is 1. The molecule has 2 aromatic carbocycles. The molecule has 0 aromatic heterocycles. The van der Waals surface area contributed by atoms with Crippen molar-refractivity contribution in [3.05, 3.63) is 59.7 Å². The number of Topliss-reactive ketones (excluding diaryl/α,β-unsaturated/α-hetero) is 1. The van der Waals surface area contributed by atoms with E-state index in [9.17, 15) is 22.8 Å². The molecule has 9 heteroatoms. The minimum absolute atomic E-state index is 0.0688. The second-order valence-corrected chi connectivity index (χ2v) is 10.2. The number of benzene rings is 2. The van der Waals surface area contributed by atoms with E-state index in [4.69, 9.17) is 4.74 Å². The number of carbonyl (C=O) groups excluding carboxylic acids is 3. The number of rotatable bonds is 11. The van der Waals surface area contributed by atoms with Crippen LogP contribution >= 0.6 is 0 Å². The highest BCUT2D eigenvalue weighted by Gasteiger charge is 2.27. The molecular formula is C25H30N2O6S. The number of esters is 1. The van der Waals surface area contributed by atoms with Crippen molar-refractivity contribution in [2.45, 2.75) is 50.3 Å². The zero-order valence-corrected chi connectivity index (χ0v) is 20.1. The van der Waals surface area contributed by atoms with Crippen LogP contribution in [0.25, 0.3) is 0 Å². The van der Waals surface area contributed by atoms with Crippen LogP contribution in [0.15, 0.2) is 53.4 Å². The molecule has 2 aromatic rings. The van der Waals surface area contributed by atoms with Crippen molar-refractivity contribution in [2.24, 2.45) is 0 Å². The number of sulfonamides is 1. The molecule has 8 nitrogen and oxygen atoms in total. The Bertz CT molecular complexity index is 1110. The lowest BCUT2D eigenvalue weighted by Crippen LogP contribution is -2.27. The molecule has 1 aliphatic rings. The maximum absolute atomic E-state index is 12.6. The first-order valence-electron chi connectivity index (χ1n) is 11.5. The Balaban J connectivity index is 1.50. The van der Waals surface area contributed by atoms with Gasteiger partial charge in [0.25, 0.3) is 0 Å². The molecule has 0 radical (unpaired) electrons. The van der Waals surface area contributed by atoms with Gasteiger partial charge in [0.1, 0.15) is 0 Å². The van der Waals surface area contributed by atoms with Crippen LogP contribution in [-0.4, -0.2) is 50.1 Å². The highest BCUT2D eigenvalue weighted by Crippen LogP contribution is 2.21. The Hall–Kier alpha value is -3.04. The zero-order valence-electron chi connectivity index (χ0n) is 19.3. The van der Waals surface area contributed by atoms with Crippen molar-refractivity contribution in [1.29, 1.82) is 0 Å². The number of ether oxygens (including phenoxy) is 1. The molecule has 3 rings (SSSR count). The molecule has 1 aliphatic heterocycles. The number of anilines is 1. The Kier molecular flexibility index (Phi) is 8.95. The normalized spacial score (nSPS) is 14.0. The van der Waals surface area contributed by atoms with Gasteiger partial charge >= 0.3 is 5.97 Å². The standard InChI is InChI=1S/C25H30N2O6S/c1-2-3-4-7-24(29)26-21-12-8-19(9-13-21)23(28)18-33-25(30)20-10-14-22(15-11-20)34(31,32)27-16-5-6-17-27/h8-15H,2-7,16-18H2,1H3,(H,26,29). The lowest BCUT2D eigenvalue weighted by Gasteiger charge is -2.15. The van der Waals surface area contributed by atoms with Crippen LogP contribution in [0.2, 0.25) is 0 Å². The van der Waals surface area contributed by atoms with E-state index in [0.717, 1.165) is 32.1 Å². The summed E-state index contributed by atoms with van der Waals surface area (Å²) < 4.78 is 31.7. The minimum Gasteiger partial charge on any atom is -0.454 e. The number of hydrogen-bond donors (Lipinski definition) is 1. The summed E-state index contributed by atoms with van der Waals surface area (Å²) in [5.41, 5.74) is 1.11. The van der Waals surface area contributed by atoms with Crippen molar-refractivity contribution in [1.82, 2.24) is 4.31 Å². The van der Waals surface area contributed by atoms with Crippen LogP contribution < -0.4 is 5.32 Å². The number of nitrogens with zero attached hydrogens (tertiary/aromatic N) is 1. The van der Waals surface area contributed by atoms with E-state index in [0.29, 0.717) is 30.8 Å². The van der Waals surface area contributed by atoms with Crippen molar-refractivity contribution in [2.75, 3.05) is 25.0 Å². The number of unbranched alkanes of at least 4 members (excludes halogenated alkanes) is 2. The first-order valence-corrected chi connectivity index (χ1v) is 13.0. The number of hydrogen-bond acceptors (Lipinski definition) is 6. The smallest absolute Gasteiger partial charge is 0.338 e. The van der Waals surface area contributed by atoms with Crippen LogP contribution in [0.3, 0.4) is 0 Å². The van der Waals surface area contributed by atoms with Gasteiger partial charge in [-0.15, -0.1) is 0 Å². The molecule has 1 N–H and O–H groups in total. The molecule has 0 bridgehead atoms. The lowest BCUT2D eigenvalue weighted by atomic mass is 10.1. The highest BCUT2D eigenvalue weighted by molar-refractivity contribution is 7.89. The fraction of sp³-hybridized carbons (Fsp3) is 0.400. The van der Waals surface area contributed by atoms with Crippen LogP contribution in [-0.2, 0) is 19.6 Å². The summed E-state index contributed by atoms with van der Waals surface area (Å²) in [5.74, 6) is -1.17. The molecule has 1 fully saturated rings. The van der Waals surface area contributed by atoms with Gasteiger partial charge in [0.05, 0.1) is 10.5 Å². The predicted octanol–water partition coefficient (Wildman–Crippen LogP) is 4.03. The fourth-order valence-corrected chi connectivity index (χ4v) is 5.15. The van der Waals surface area contributed by atoms with Crippen molar-refractivity contribution < 1.29 is 27.5 Å². The number of carbonyl (C=O) groups is 3. The Morgan fingerprint density at radius 1 is 0.912 bits per heavy atom. The fourth-order valence-electron chi connectivity index (χ4n) is 3.64. The van der Waals surface area contributed by atoms with E-state index in [1.807, 2.05) is 0 Å². The second-order valence-electron chi connectivity index (χ2n) is 8.22. The molecule has 1 amide bonds. The maximum atomic E-state index is 12.6.